The van der Waals surface area contributed by atoms with E-state index in [1.807, 2.05) is 0 Å². The van der Waals surface area contributed by atoms with Gasteiger partial charge in [0, 0.05) is 5.57 Å². The van der Waals surface area contributed by atoms with Crippen molar-refractivity contribution in [3.63, 3.8) is 0 Å². The number of hydrogen-bond acceptors (Lipinski definition) is 2. The summed E-state index contributed by atoms with van der Waals surface area (Å²) in [4.78, 5) is 10.6. The Morgan fingerprint density at radius 3 is 2.71 bits per heavy atom. The zero-order valence-electron chi connectivity index (χ0n) is 8.78. The Labute approximate surface area is 96.0 Å². The summed E-state index contributed by atoms with van der Waals surface area (Å²) in [5.41, 5.74) is 0.201. The van der Waals surface area contributed by atoms with Crippen molar-refractivity contribution in [2.45, 2.75) is 18.8 Å². The van der Waals surface area contributed by atoms with E-state index in [1.165, 1.54) is 24.3 Å². The Morgan fingerprint density at radius 1 is 1.35 bits per heavy atom. The highest BCUT2D eigenvalue weighted by molar-refractivity contribution is 5.94. The van der Waals surface area contributed by atoms with E-state index in [-0.39, 0.29) is 11.3 Å². The van der Waals surface area contributed by atoms with Gasteiger partial charge in [0.1, 0.15) is 5.75 Å². The number of aromatic hydroxyl groups is 1. The van der Waals surface area contributed by atoms with Gasteiger partial charge in [-0.3, -0.25) is 0 Å². The molecule has 0 aliphatic heterocycles. The number of carbonyl (C=O) groups is 1. The van der Waals surface area contributed by atoms with E-state index in [1.54, 1.807) is 0 Å². The van der Waals surface area contributed by atoms with Crippen LogP contribution >= 0.6 is 0 Å². The number of carboxylic acid groups (broad SMARTS) is 1. The van der Waals surface area contributed by atoms with Gasteiger partial charge in [-0.05, 0) is 36.1 Å². The average Bonchev–Trinajstić information content (AvgIpc) is 2.27. The van der Waals surface area contributed by atoms with Crippen molar-refractivity contribution in [1.29, 1.82) is 0 Å². The monoisotopic (exact) mass is 240 g/mol. The number of phenols is 1. The van der Waals surface area contributed by atoms with Crippen LogP contribution in [0.5, 0.6) is 5.75 Å². The Hall–Kier alpha value is -1.91. The summed E-state index contributed by atoms with van der Waals surface area (Å²) in [7, 11) is 0. The highest BCUT2D eigenvalue weighted by atomic mass is 19.3. The molecule has 1 aliphatic rings. The van der Waals surface area contributed by atoms with Crippen LogP contribution < -0.4 is 0 Å². The van der Waals surface area contributed by atoms with Gasteiger partial charge in [0.25, 0.3) is 0 Å². The van der Waals surface area contributed by atoms with Crippen LogP contribution in [0.1, 0.15) is 17.5 Å². The van der Waals surface area contributed by atoms with Crippen LogP contribution in [-0.4, -0.2) is 22.1 Å². The van der Waals surface area contributed by atoms with Gasteiger partial charge in [-0.15, -0.1) is 0 Å². The van der Waals surface area contributed by atoms with Gasteiger partial charge in [-0.25, -0.2) is 4.79 Å². The fourth-order valence-electron chi connectivity index (χ4n) is 1.93. The van der Waals surface area contributed by atoms with E-state index < -0.39 is 17.5 Å². The SMILES string of the molecule is O=C(O)C(F)(F)C1=CCCc2ccc(O)cc21. The lowest BCUT2D eigenvalue weighted by atomic mass is 9.87. The third kappa shape index (κ3) is 1.88. The summed E-state index contributed by atoms with van der Waals surface area (Å²) >= 11 is 0. The number of hydrogen-bond donors (Lipinski definition) is 2. The standard InChI is InChI=1S/C12H10F2O3/c13-12(14,11(16)17)10-3-1-2-7-4-5-8(15)6-9(7)10/h3-6,15H,1-2H2,(H,16,17). The lowest BCUT2D eigenvalue weighted by Gasteiger charge is -2.22. The molecule has 0 fully saturated rings. The molecule has 17 heavy (non-hydrogen) atoms. The molecule has 0 atom stereocenters. The molecule has 2 N–H and O–H groups in total. The molecule has 90 valence electrons. The van der Waals surface area contributed by atoms with Crippen LogP contribution in [0.2, 0.25) is 0 Å². The second kappa shape index (κ2) is 3.84. The number of allylic oxidation sites excluding steroid dienone is 1. The first-order chi connectivity index (χ1) is 7.93. The summed E-state index contributed by atoms with van der Waals surface area (Å²) in [6, 6.07) is 4.12. The molecule has 1 aromatic carbocycles. The topological polar surface area (TPSA) is 57.5 Å². The first kappa shape index (κ1) is 11.6. The summed E-state index contributed by atoms with van der Waals surface area (Å²) < 4.78 is 27.0. The van der Waals surface area contributed by atoms with E-state index in [2.05, 4.69) is 0 Å². The quantitative estimate of drug-likeness (QED) is 0.834. The molecule has 0 amide bonds. The molecule has 0 bridgehead atoms. The van der Waals surface area contributed by atoms with E-state index in [4.69, 9.17) is 5.11 Å². The lowest BCUT2D eigenvalue weighted by molar-refractivity contribution is -0.156. The van der Waals surface area contributed by atoms with E-state index >= 15 is 0 Å². The van der Waals surface area contributed by atoms with Crippen molar-refractivity contribution >= 4 is 11.5 Å². The molecule has 0 heterocycles. The molecule has 1 aromatic rings. The van der Waals surface area contributed by atoms with Gasteiger partial charge in [0.05, 0.1) is 0 Å². The van der Waals surface area contributed by atoms with Crippen LogP contribution in [-0.2, 0) is 11.2 Å². The maximum absolute atomic E-state index is 13.5. The lowest BCUT2D eigenvalue weighted by Crippen LogP contribution is -2.31. The van der Waals surface area contributed by atoms with Crippen LogP contribution in [0.3, 0.4) is 0 Å². The molecule has 0 spiro atoms. The molecule has 0 radical (unpaired) electrons. The normalized spacial score (nSPS) is 15.1. The zero-order chi connectivity index (χ0) is 12.6. The fraction of sp³-hybridized carbons (Fsp3) is 0.250. The minimum Gasteiger partial charge on any atom is -0.508 e. The van der Waals surface area contributed by atoms with Gasteiger partial charge < -0.3 is 10.2 Å². The Bertz CT molecular complexity index is 506. The Balaban J connectivity index is 2.55. The molecule has 5 heteroatoms. The third-order valence-electron chi connectivity index (χ3n) is 2.75. The van der Waals surface area contributed by atoms with Gasteiger partial charge in [-0.2, -0.15) is 8.78 Å². The molecular weight excluding hydrogens is 230 g/mol. The van der Waals surface area contributed by atoms with Crippen LogP contribution in [0.25, 0.3) is 5.57 Å². The minimum absolute atomic E-state index is 0.114. The Morgan fingerprint density at radius 2 is 2.06 bits per heavy atom. The summed E-state index contributed by atoms with van der Waals surface area (Å²) in [6.07, 6.45) is 2.15. The molecule has 0 unspecified atom stereocenters. The maximum atomic E-state index is 13.5. The highest BCUT2D eigenvalue weighted by Gasteiger charge is 2.45. The number of benzene rings is 1. The molecule has 1 aliphatic carbocycles. The van der Waals surface area contributed by atoms with Gasteiger partial charge in [0.15, 0.2) is 0 Å². The largest absolute Gasteiger partial charge is 0.508 e. The van der Waals surface area contributed by atoms with E-state index in [9.17, 15) is 18.7 Å². The number of aryl methyl sites for hydroxylation is 1. The molecule has 3 nitrogen and oxygen atoms in total. The maximum Gasteiger partial charge on any atom is 0.379 e. The van der Waals surface area contributed by atoms with Gasteiger partial charge in [-0.1, -0.05) is 12.1 Å². The number of alkyl halides is 2. The van der Waals surface area contributed by atoms with Crippen molar-refractivity contribution in [1.82, 2.24) is 0 Å². The summed E-state index contributed by atoms with van der Waals surface area (Å²) in [6.45, 7) is 0. The third-order valence-corrected chi connectivity index (χ3v) is 2.75. The Kier molecular flexibility index (Phi) is 2.61. The van der Waals surface area contributed by atoms with E-state index in [0.29, 0.717) is 18.4 Å². The average molecular weight is 240 g/mol. The van der Waals surface area contributed by atoms with Crippen molar-refractivity contribution in [3.8, 4) is 5.75 Å². The molecule has 0 saturated carbocycles. The molecular formula is C12H10F2O3. The molecule has 2 rings (SSSR count). The molecule has 0 saturated heterocycles. The fourth-order valence-corrected chi connectivity index (χ4v) is 1.93. The first-order valence-corrected chi connectivity index (χ1v) is 5.07. The number of fused-ring (bicyclic) bond motifs is 1. The van der Waals surface area contributed by atoms with Crippen molar-refractivity contribution in [2.24, 2.45) is 0 Å². The zero-order valence-corrected chi connectivity index (χ0v) is 8.78. The summed E-state index contributed by atoms with van der Waals surface area (Å²) in [5, 5.41) is 17.8. The number of rotatable bonds is 2. The van der Waals surface area contributed by atoms with Gasteiger partial charge in [0.2, 0.25) is 0 Å². The van der Waals surface area contributed by atoms with Crippen LogP contribution in [0.4, 0.5) is 8.78 Å². The van der Waals surface area contributed by atoms with Crippen molar-refractivity contribution < 1.29 is 23.8 Å². The second-order valence-corrected chi connectivity index (χ2v) is 3.88. The summed E-state index contributed by atoms with van der Waals surface area (Å²) in [5.74, 6) is -6.26. The predicted molar refractivity (Wildman–Crippen MR) is 57.0 cm³/mol. The highest BCUT2D eigenvalue weighted by Crippen LogP contribution is 2.39. The predicted octanol–water partition coefficient (Wildman–Crippen LogP) is 2.44. The van der Waals surface area contributed by atoms with Crippen LogP contribution in [0.15, 0.2) is 24.3 Å². The minimum atomic E-state index is -3.93. The molecule has 0 aromatic heterocycles. The first-order valence-electron chi connectivity index (χ1n) is 5.07. The van der Waals surface area contributed by atoms with Crippen LogP contribution in [0, 0.1) is 0 Å². The van der Waals surface area contributed by atoms with Crippen molar-refractivity contribution in [3.05, 3.63) is 35.4 Å². The number of carboxylic acids is 1. The van der Waals surface area contributed by atoms with Crippen molar-refractivity contribution in [2.75, 3.05) is 0 Å². The van der Waals surface area contributed by atoms with Gasteiger partial charge >= 0.3 is 11.9 Å². The number of halogens is 2. The second-order valence-electron chi connectivity index (χ2n) is 3.88. The number of phenolic OH excluding ortho intramolecular Hbond substituents is 1. The van der Waals surface area contributed by atoms with E-state index in [0.717, 1.165) is 0 Å². The number of aliphatic carboxylic acids is 1. The smallest absolute Gasteiger partial charge is 0.379 e.